The highest BCUT2D eigenvalue weighted by Gasteiger charge is 2.60. The van der Waals surface area contributed by atoms with Gasteiger partial charge < -0.3 is 24.1 Å². The van der Waals surface area contributed by atoms with Crippen LogP contribution in [0.5, 0.6) is 0 Å². The molecule has 4 aliphatic carbocycles. The molecule has 0 aromatic rings. The van der Waals surface area contributed by atoms with E-state index in [1.165, 1.54) is 57.5 Å². The van der Waals surface area contributed by atoms with Crippen molar-refractivity contribution in [2.75, 3.05) is 20.8 Å². The predicted molar refractivity (Wildman–Crippen MR) is 149 cm³/mol. The molecule has 4 rings (SSSR count). The number of rotatable bonds is 9. The third-order valence-electron chi connectivity index (χ3n) is 11.3. The topological polar surface area (TPSA) is 91.3 Å². The van der Waals surface area contributed by atoms with Gasteiger partial charge in [-0.2, -0.15) is 0 Å². The molecule has 220 valence electrons. The van der Waals surface area contributed by atoms with E-state index < -0.39 is 24.5 Å². The van der Waals surface area contributed by atoms with Gasteiger partial charge in [0.2, 0.25) is 0 Å². The van der Waals surface area contributed by atoms with Gasteiger partial charge in [-0.05, 0) is 67.1 Å². The maximum atomic E-state index is 12.4. The Morgan fingerprint density at radius 1 is 1.03 bits per heavy atom. The second-order valence-electron chi connectivity index (χ2n) is 12.9. The van der Waals surface area contributed by atoms with Crippen molar-refractivity contribution < 1.29 is 33.6 Å². The largest absolute Gasteiger partial charge is 0.508 e. The van der Waals surface area contributed by atoms with Gasteiger partial charge in [0.05, 0.1) is 14.2 Å². The van der Waals surface area contributed by atoms with Crippen LogP contribution in [0, 0.1) is 40.4 Å². The molecular weight excluding hydrogens is 496 g/mol. The van der Waals surface area contributed by atoms with Gasteiger partial charge in [0.15, 0.2) is 0 Å². The number of carbonyl (C=O) groups excluding carboxylic acids is 2. The van der Waals surface area contributed by atoms with Crippen molar-refractivity contribution in [2.24, 2.45) is 40.4 Å². The molecule has 0 radical (unpaired) electrons. The first-order chi connectivity index (χ1) is 18.6. The number of hydrogen-bond donors (Lipinski definition) is 1. The highest BCUT2D eigenvalue weighted by Crippen LogP contribution is 2.66. The average molecular weight is 547 g/mol. The van der Waals surface area contributed by atoms with E-state index in [0.717, 1.165) is 19.3 Å². The fourth-order valence-corrected chi connectivity index (χ4v) is 9.15. The Morgan fingerprint density at radius 3 is 2.41 bits per heavy atom. The molecule has 1 N–H and O–H groups in total. The van der Waals surface area contributed by atoms with Crippen molar-refractivity contribution >= 4 is 12.3 Å². The Hall–Kier alpha value is -2.02. The number of methoxy groups -OCH3 is 2. The van der Waals surface area contributed by atoms with Gasteiger partial charge in [-0.1, -0.05) is 70.3 Å². The molecule has 0 aromatic carbocycles. The number of carbonyl (C=O) groups is 2. The first-order valence-corrected chi connectivity index (χ1v) is 15.1. The molecule has 0 aliphatic heterocycles. The lowest BCUT2D eigenvalue weighted by Gasteiger charge is -2.57. The molecule has 7 nitrogen and oxygen atoms in total. The Morgan fingerprint density at radius 2 is 1.74 bits per heavy atom. The summed E-state index contributed by atoms with van der Waals surface area (Å²) in [5, 5.41) is 9.81. The van der Waals surface area contributed by atoms with E-state index in [-0.39, 0.29) is 23.4 Å². The van der Waals surface area contributed by atoms with Crippen molar-refractivity contribution in [3.05, 3.63) is 23.3 Å². The van der Waals surface area contributed by atoms with Crippen molar-refractivity contribution in [3.63, 3.8) is 0 Å². The van der Waals surface area contributed by atoms with E-state index in [0.29, 0.717) is 36.5 Å². The van der Waals surface area contributed by atoms with Crippen LogP contribution in [-0.2, 0) is 18.9 Å². The lowest BCUT2D eigenvalue weighted by Crippen LogP contribution is -2.54. The average Bonchev–Trinajstić information content (AvgIpc) is 3.28. The van der Waals surface area contributed by atoms with E-state index >= 15 is 0 Å². The first kappa shape index (κ1) is 30.0. The van der Waals surface area contributed by atoms with Crippen molar-refractivity contribution in [2.45, 2.75) is 104 Å². The fourth-order valence-electron chi connectivity index (χ4n) is 9.15. The maximum Gasteiger partial charge on any atom is 0.508 e. The van der Waals surface area contributed by atoms with Crippen LogP contribution >= 0.6 is 0 Å². The van der Waals surface area contributed by atoms with Gasteiger partial charge in [-0.25, -0.2) is 9.59 Å². The molecule has 0 bridgehead atoms. The summed E-state index contributed by atoms with van der Waals surface area (Å²) in [6.07, 6.45) is 12.4. The van der Waals surface area contributed by atoms with Crippen molar-refractivity contribution in [1.29, 1.82) is 0 Å². The van der Waals surface area contributed by atoms with E-state index in [1.807, 2.05) is 0 Å². The molecule has 3 fully saturated rings. The number of ether oxygens (including phenoxy) is 4. The summed E-state index contributed by atoms with van der Waals surface area (Å²) in [6, 6.07) is 0. The Bertz CT molecular complexity index is 956. The van der Waals surface area contributed by atoms with Crippen molar-refractivity contribution in [3.8, 4) is 0 Å². The molecule has 0 heterocycles. The Kier molecular flexibility index (Phi) is 9.40. The number of fused-ring (bicyclic) bond motifs is 5. The van der Waals surface area contributed by atoms with Gasteiger partial charge >= 0.3 is 12.3 Å². The van der Waals surface area contributed by atoms with Crippen LogP contribution in [0.3, 0.4) is 0 Å². The molecule has 9 atom stereocenters. The quantitative estimate of drug-likeness (QED) is 0.305. The number of allylic oxidation sites excluding steroid dienone is 3. The molecule has 0 saturated heterocycles. The second-order valence-corrected chi connectivity index (χ2v) is 12.9. The number of hydrogen-bond acceptors (Lipinski definition) is 7. The molecule has 3 saturated carbocycles. The maximum absolute atomic E-state index is 12.4. The minimum atomic E-state index is -0.717. The summed E-state index contributed by atoms with van der Waals surface area (Å²) < 4.78 is 21.1. The molecule has 39 heavy (non-hydrogen) atoms. The highest BCUT2D eigenvalue weighted by molar-refractivity contribution is 5.61. The Labute approximate surface area is 234 Å². The molecule has 4 aliphatic rings. The van der Waals surface area contributed by atoms with Gasteiger partial charge in [0.1, 0.15) is 12.2 Å². The minimum Gasteiger partial charge on any atom is -0.438 e. The smallest absolute Gasteiger partial charge is 0.438 e. The van der Waals surface area contributed by atoms with Crippen LogP contribution < -0.4 is 0 Å². The SMILES string of the molecule is CCCC[C@@H](CCO)[C@@H](C)[C@H]1CC[C@H]2C3=CC=C4C[C@@H](OC(=O)OC)C[C@H](OC(=O)OC)[C@]4(C)[C@H]3CC[C@]12C. The summed E-state index contributed by atoms with van der Waals surface area (Å²) in [5.74, 6) is 2.57. The van der Waals surface area contributed by atoms with Gasteiger partial charge in [-0.3, -0.25) is 0 Å². The van der Waals surface area contributed by atoms with Crippen LogP contribution in [0.2, 0.25) is 0 Å². The van der Waals surface area contributed by atoms with Crippen LogP contribution in [0.4, 0.5) is 9.59 Å². The summed E-state index contributed by atoms with van der Waals surface area (Å²) in [4.78, 5) is 24.3. The minimum absolute atomic E-state index is 0.229. The molecule has 0 unspecified atom stereocenters. The number of aliphatic hydroxyl groups excluding tert-OH is 1. The zero-order chi connectivity index (χ0) is 28.4. The third kappa shape index (κ3) is 5.49. The van der Waals surface area contributed by atoms with Gasteiger partial charge in [-0.15, -0.1) is 0 Å². The summed E-state index contributed by atoms with van der Waals surface area (Å²) in [5.41, 5.74) is 2.52. The normalized spacial score (nSPS) is 36.7. The summed E-state index contributed by atoms with van der Waals surface area (Å²) >= 11 is 0. The molecule has 0 spiro atoms. The molecule has 0 aromatic heterocycles. The zero-order valence-electron chi connectivity index (χ0n) is 24.9. The second kappa shape index (κ2) is 12.2. The van der Waals surface area contributed by atoms with E-state index in [4.69, 9.17) is 18.9 Å². The first-order valence-electron chi connectivity index (χ1n) is 15.1. The van der Waals surface area contributed by atoms with Crippen LogP contribution in [0.25, 0.3) is 0 Å². The van der Waals surface area contributed by atoms with E-state index in [9.17, 15) is 14.7 Å². The van der Waals surface area contributed by atoms with Crippen LogP contribution in [-0.4, -0.2) is 50.5 Å². The number of unbranched alkanes of at least 4 members (excludes halogenated alkanes) is 1. The molecule has 7 heteroatoms. The van der Waals surface area contributed by atoms with Crippen molar-refractivity contribution in [1.82, 2.24) is 0 Å². The zero-order valence-corrected chi connectivity index (χ0v) is 24.9. The standard InChI is InChI=1S/C32H50O7/c1-7-8-9-21(15-17-33)20(2)25-12-13-26-24-11-10-22-18-23(38-29(34)36-5)19-28(39-30(35)37-6)32(22,4)27(24)14-16-31(25,26)3/h10-11,20-21,23,25-28,33H,7-9,12-19H2,1-6H3/t20-,21+,23-,25-,26+,27+,28+,31-,32+/m1/s1. The number of aliphatic hydroxyl groups is 1. The predicted octanol–water partition coefficient (Wildman–Crippen LogP) is 7.22. The lowest BCUT2D eigenvalue weighted by molar-refractivity contribution is -0.0835. The van der Waals surface area contributed by atoms with Gasteiger partial charge in [0.25, 0.3) is 0 Å². The highest BCUT2D eigenvalue weighted by atomic mass is 16.7. The van der Waals surface area contributed by atoms with E-state index in [1.54, 1.807) is 0 Å². The lowest BCUT2D eigenvalue weighted by atomic mass is 9.49. The van der Waals surface area contributed by atoms with Gasteiger partial charge in [0, 0.05) is 24.9 Å². The van der Waals surface area contributed by atoms with Crippen LogP contribution in [0.1, 0.15) is 91.9 Å². The van der Waals surface area contributed by atoms with E-state index in [2.05, 4.69) is 39.8 Å². The molecular formula is C32H50O7. The molecule has 0 amide bonds. The summed E-state index contributed by atoms with van der Waals surface area (Å²) in [7, 11) is 2.63. The fraction of sp³-hybridized carbons (Fsp3) is 0.812. The van der Waals surface area contributed by atoms with Crippen LogP contribution in [0.15, 0.2) is 23.3 Å². The monoisotopic (exact) mass is 546 g/mol. The summed E-state index contributed by atoms with van der Waals surface area (Å²) in [6.45, 7) is 9.71. The Balaban J connectivity index is 1.63. The third-order valence-corrected chi connectivity index (χ3v) is 11.3.